The van der Waals surface area contributed by atoms with Gasteiger partial charge in [-0.3, -0.25) is 4.79 Å². The first kappa shape index (κ1) is 13.2. The Kier molecular flexibility index (Phi) is 4.09. The standard InChI is InChI=1S/C13H17ClN2O2/c1-18-10-4-3-9(7-10)16-13(17)8-2-5-12(15)11(14)6-8/h2,5-6,9-10H,3-4,7,15H2,1H3,(H,16,17). The molecular formula is C13H17ClN2O2. The molecule has 1 aromatic rings. The van der Waals surface area contributed by atoms with Crippen LogP contribution in [-0.4, -0.2) is 25.2 Å². The first-order valence-corrected chi connectivity index (χ1v) is 6.36. The Labute approximate surface area is 111 Å². The fourth-order valence-corrected chi connectivity index (χ4v) is 2.40. The van der Waals surface area contributed by atoms with Crippen LogP contribution in [0.15, 0.2) is 18.2 Å². The van der Waals surface area contributed by atoms with E-state index in [0.29, 0.717) is 16.3 Å². The zero-order valence-corrected chi connectivity index (χ0v) is 11.0. The summed E-state index contributed by atoms with van der Waals surface area (Å²) < 4.78 is 5.27. The summed E-state index contributed by atoms with van der Waals surface area (Å²) in [4.78, 5) is 12.0. The Morgan fingerprint density at radius 1 is 1.50 bits per heavy atom. The van der Waals surface area contributed by atoms with E-state index in [1.807, 2.05) is 0 Å². The molecule has 0 bridgehead atoms. The van der Waals surface area contributed by atoms with Crippen molar-refractivity contribution >= 4 is 23.2 Å². The Balaban J connectivity index is 1.97. The molecule has 0 spiro atoms. The average molecular weight is 269 g/mol. The minimum Gasteiger partial charge on any atom is -0.398 e. The molecule has 1 amide bonds. The molecule has 0 heterocycles. The van der Waals surface area contributed by atoms with Crippen LogP contribution in [0.3, 0.4) is 0 Å². The number of halogens is 1. The van der Waals surface area contributed by atoms with Crippen molar-refractivity contribution in [1.82, 2.24) is 5.32 Å². The molecule has 5 heteroatoms. The number of ether oxygens (including phenoxy) is 1. The molecule has 98 valence electrons. The Morgan fingerprint density at radius 2 is 2.28 bits per heavy atom. The molecule has 1 aliphatic rings. The maximum absolute atomic E-state index is 12.0. The summed E-state index contributed by atoms with van der Waals surface area (Å²) in [7, 11) is 1.70. The summed E-state index contributed by atoms with van der Waals surface area (Å²) in [6.07, 6.45) is 3.06. The summed E-state index contributed by atoms with van der Waals surface area (Å²) in [6, 6.07) is 5.09. The van der Waals surface area contributed by atoms with E-state index in [-0.39, 0.29) is 18.1 Å². The van der Waals surface area contributed by atoms with E-state index in [4.69, 9.17) is 22.1 Å². The molecule has 2 atom stereocenters. The largest absolute Gasteiger partial charge is 0.398 e. The zero-order chi connectivity index (χ0) is 13.1. The second kappa shape index (κ2) is 5.59. The number of amides is 1. The highest BCUT2D eigenvalue weighted by Crippen LogP contribution is 2.23. The smallest absolute Gasteiger partial charge is 0.251 e. The maximum atomic E-state index is 12.0. The summed E-state index contributed by atoms with van der Waals surface area (Å²) in [5, 5.41) is 3.39. The van der Waals surface area contributed by atoms with Gasteiger partial charge in [0.2, 0.25) is 0 Å². The van der Waals surface area contributed by atoms with Crippen LogP contribution >= 0.6 is 11.6 Å². The highest BCUT2D eigenvalue weighted by Gasteiger charge is 2.25. The van der Waals surface area contributed by atoms with Crippen LogP contribution in [0.2, 0.25) is 5.02 Å². The first-order valence-electron chi connectivity index (χ1n) is 5.99. The fraction of sp³-hybridized carbons (Fsp3) is 0.462. The summed E-state index contributed by atoms with van der Waals surface area (Å²) >= 11 is 5.90. The number of rotatable bonds is 3. The van der Waals surface area contributed by atoms with Gasteiger partial charge in [0.05, 0.1) is 16.8 Å². The molecule has 3 N–H and O–H groups in total. The van der Waals surface area contributed by atoms with Crippen molar-refractivity contribution in [2.75, 3.05) is 12.8 Å². The third-order valence-corrected chi connectivity index (χ3v) is 3.64. The first-order chi connectivity index (χ1) is 8.60. The minimum atomic E-state index is -0.112. The number of carbonyl (C=O) groups excluding carboxylic acids is 1. The van der Waals surface area contributed by atoms with Gasteiger partial charge in [-0.2, -0.15) is 0 Å². The molecule has 4 nitrogen and oxygen atoms in total. The number of nitrogen functional groups attached to an aromatic ring is 1. The molecule has 1 saturated carbocycles. The summed E-state index contributed by atoms with van der Waals surface area (Å²) in [5.74, 6) is -0.112. The Bertz CT molecular complexity index is 451. The normalized spacial score (nSPS) is 23.0. The highest BCUT2D eigenvalue weighted by atomic mass is 35.5. The SMILES string of the molecule is COC1CCC(NC(=O)c2ccc(N)c(Cl)c2)C1. The maximum Gasteiger partial charge on any atom is 0.251 e. The van der Waals surface area contributed by atoms with Crippen molar-refractivity contribution in [1.29, 1.82) is 0 Å². The monoisotopic (exact) mass is 268 g/mol. The average Bonchev–Trinajstić information content (AvgIpc) is 2.80. The van der Waals surface area contributed by atoms with E-state index in [2.05, 4.69) is 5.32 Å². The number of hydrogen-bond acceptors (Lipinski definition) is 3. The van der Waals surface area contributed by atoms with Gasteiger partial charge in [0, 0.05) is 18.7 Å². The summed E-state index contributed by atoms with van der Waals surface area (Å²) in [5.41, 5.74) is 6.63. The van der Waals surface area contributed by atoms with Crippen LogP contribution in [0.25, 0.3) is 0 Å². The molecule has 2 unspecified atom stereocenters. The van der Waals surface area contributed by atoms with Crippen LogP contribution in [0, 0.1) is 0 Å². The van der Waals surface area contributed by atoms with Crippen molar-refractivity contribution in [3.63, 3.8) is 0 Å². The Hall–Kier alpha value is -1.26. The van der Waals surface area contributed by atoms with Gasteiger partial charge < -0.3 is 15.8 Å². The van der Waals surface area contributed by atoms with Gasteiger partial charge in [-0.1, -0.05) is 11.6 Å². The lowest BCUT2D eigenvalue weighted by Gasteiger charge is -2.13. The zero-order valence-electron chi connectivity index (χ0n) is 10.3. The van der Waals surface area contributed by atoms with Crippen LogP contribution in [0.5, 0.6) is 0 Å². The number of nitrogens with two attached hydrogens (primary N) is 1. The number of nitrogens with one attached hydrogen (secondary N) is 1. The third-order valence-electron chi connectivity index (χ3n) is 3.32. The van der Waals surface area contributed by atoms with E-state index in [1.54, 1.807) is 25.3 Å². The van der Waals surface area contributed by atoms with Gasteiger partial charge in [0.15, 0.2) is 0 Å². The third kappa shape index (κ3) is 2.94. The van der Waals surface area contributed by atoms with Crippen molar-refractivity contribution in [2.45, 2.75) is 31.4 Å². The van der Waals surface area contributed by atoms with Gasteiger partial charge in [-0.25, -0.2) is 0 Å². The number of methoxy groups -OCH3 is 1. The van der Waals surface area contributed by atoms with E-state index >= 15 is 0 Å². The molecule has 1 aliphatic carbocycles. The second-order valence-electron chi connectivity index (χ2n) is 4.58. The molecule has 2 rings (SSSR count). The van der Waals surface area contributed by atoms with Gasteiger partial charge >= 0.3 is 0 Å². The van der Waals surface area contributed by atoms with Gasteiger partial charge in [0.1, 0.15) is 0 Å². The predicted octanol–water partition coefficient (Wildman–Crippen LogP) is 2.22. The number of benzene rings is 1. The number of anilines is 1. The Morgan fingerprint density at radius 3 is 2.89 bits per heavy atom. The van der Waals surface area contributed by atoms with E-state index in [9.17, 15) is 4.79 Å². The molecule has 1 fully saturated rings. The molecule has 0 aliphatic heterocycles. The second-order valence-corrected chi connectivity index (χ2v) is 4.98. The van der Waals surface area contributed by atoms with E-state index in [0.717, 1.165) is 19.3 Å². The van der Waals surface area contributed by atoms with Gasteiger partial charge in [-0.05, 0) is 37.5 Å². The lowest BCUT2D eigenvalue weighted by molar-refractivity contribution is 0.0915. The molecule has 0 aromatic heterocycles. The topological polar surface area (TPSA) is 64.3 Å². The van der Waals surface area contributed by atoms with Crippen molar-refractivity contribution in [3.8, 4) is 0 Å². The lowest BCUT2D eigenvalue weighted by Crippen LogP contribution is -2.33. The molecule has 0 radical (unpaired) electrons. The van der Waals surface area contributed by atoms with Gasteiger partial charge in [0.25, 0.3) is 5.91 Å². The van der Waals surface area contributed by atoms with Crippen molar-refractivity contribution in [3.05, 3.63) is 28.8 Å². The molecule has 18 heavy (non-hydrogen) atoms. The van der Waals surface area contributed by atoms with E-state index < -0.39 is 0 Å². The predicted molar refractivity (Wildman–Crippen MR) is 71.8 cm³/mol. The highest BCUT2D eigenvalue weighted by molar-refractivity contribution is 6.33. The van der Waals surface area contributed by atoms with Crippen LogP contribution < -0.4 is 11.1 Å². The van der Waals surface area contributed by atoms with E-state index in [1.165, 1.54) is 0 Å². The number of carbonyl (C=O) groups is 1. The molecular weight excluding hydrogens is 252 g/mol. The minimum absolute atomic E-state index is 0.112. The quantitative estimate of drug-likeness (QED) is 0.826. The van der Waals surface area contributed by atoms with Gasteiger partial charge in [-0.15, -0.1) is 0 Å². The summed E-state index contributed by atoms with van der Waals surface area (Å²) in [6.45, 7) is 0. The molecule has 1 aromatic carbocycles. The van der Waals surface area contributed by atoms with Crippen molar-refractivity contribution < 1.29 is 9.53 Å². The lowest BCUT2D eigenvalue weighted by atomic mass is 10.1. The van der Waals surface area contributed by atoms with Crippen molar-refractivity contribution in [2.24, 2.45) is 0 Å². The van der Waals surface area contributed by atoms with Crippen LogP contribution in [0.4, 0.5) is 5.69 Å². The molecule has 0 saturated heterocycles. The van der Waals surface area contributed by atoms with Crippen LogP contribution in [0.1, 0.15) is 29.6 Å². The fourth-order valence-electron chi connectivity index (χ4n) is 2.22. The number of hydrogen-bond donors (Lipinski definition) is 2. The van der Waals surface area contributed by atoms with Crippen LogP contribution in [-0.2, 0) is 4.74 Å².